The molecule has 0 radical (unpaired) electrons. The minimum absolute atomic E-state index is 0.539. The molecule has 16 aromatic carbocycles. The fourth-order valence-electron chi connectivity index (χ4n) is 16.2. The molecule has 0 unspecified atom stereocenters. The summed E-state index contributed by atoms with van der Waals surface area (Å²) in [5.74, 6) is 3.40. The smallest absolute Gasteiger partial charge is 0.164 e. The third-order valence-electron chi connectivity index (χ3n) is 21.2. The number of hydrogen-bond acceptors (Lipinski definition) is 10. The average Bonchev–Trinajstić information content (AvgIpc) is 1.53. The van der Waals surface area contributed by atoms with E-state index in [9.17, 15) is 0 Å². The molecule has 8 heterocycles. The molecule has 12 nitrogen and oxygen atoms in total. The third-order valence-corrected chi connectivity index (χ3v) is 21.5. The summed E-state index contributed by atoms with van der Waals surface area (Å²) in [7, 11) is 0. The van der Waals surface area contributed by atoms with Gasteiger partial charge in [-0.2, -0.15) is 0 Å². The van der Waals surface area contributed by atoms with Crippen molar-refractivity contribution in [3.63, 3.8) is 0 Å². The van der Waals surface area contributed by atoms with E-state index in [2.05, 4.69) is 173 Å². The summed E-state index contributed by atoms with van der Waals surface area (Å²) in [6, 6.07) is 116. The van der Waals surface area contributed by atoms with E-state index in [1.165, 1.54) is 54.1 Å². The summed E-state index contributed by atoms with van der Waals surface area (Å²) in [6.07, 6.45) is 0. The van der Waals surface area contributed by atoms with Gasteiger partial charge in [-0.25, -0.2) is 29.9 Å². The van der Waals surface area contributed by atoms with E-state index in [1.807, 2.05) is 176 Å². The van der Waals surface area contributed by atoms with Crippen LogP contribution in [-0.4, -0.2) is 39.5 Å². The van der Waals surface area contributed by atoms with Gasteiger partial charge in [0.2, 0.25) is 0 Å². The Hall–Kier alpha value is -14.9. The number of H-pyrrole nitrogens is 1. The van der Waals surface area contributed by atoms with Gasteiger partial charge >= 0.3 is 0 Å². The molecule has 0 amide bonds. The van der Waals surface area contributed by atoms with Crippen LogP contribution in [0, 0.1) is 0 Å². The summed E-state index contributed by atoms with van der Waals surface area (Å²) >= 11 is 6.59. The molecule has 0 spiro atoms. The van der Waals surface area contributed by atoms with Crippen molar-refractivity contribution >= 4 is 165 Å². The molecule has 0 aliphatic rings. The SMILES string of the molecule is Clc1ccc(-c2nc(-c3ccccc3)nc(-c3cccc4oc5ccccc5c34)n2)c2c1oc1ccccc12.c1ccc(-c2nc(-c3cccc4oc5ccccc5c34)nc(-c3ccc(-n4c5ccccc5c5cc6ccccc6cc54)c4oc5ccccc5c34)n2)cc1.c1ccc2cc3c(cc2c1)[nH]c1ccccc13. The van der Waals surface area contributed by atoms with Gasteiger partial charge in [-0.3, -0.25) is 0 Å². The standard InChI is InChI=1S/C49H28N4O2.C33H18ClN3O2.C16H11N/c1-2-13-29(14-3-1)47-50-48(35-20-12-24-43-44(35)33-18-7-10-22-41(33)54-43)52-49(51-47)36-25-26-39(46-45(36)34-19-8-11-23-42(34)55-46)53-38-21-9-6-17-32(38)37-27-30-15-4-5-16-31(30)28-40(37)53;34-24-18-17-23(29-21-12-5-7-15-26(21)39-30(24)29)33-36-31(19-9-2-1-3-10-19)35-32(37-33)22-13-8-16-27-28(22)20-11-4-6-14-25(20)38-27;1-2-6-12-10-16-14(9-11(12)5-1)13-7-3-4-8-15(13)17-16/h1-28H;1-18H;1-10,17H. The largest absolute Gasteiger partial charge is 0.456 e. The first-order chi connectivity index (χ1) is 54.9. The molecule has 0 fully saturated rings. The number of aromatic amines is 1. The number of para-hydroxylation sites is 6. The summed E-state index contributed by atoms with van der Waals surface area (Å²) in [6.45, 7) is 0. The van der Waals surface area contributed by atoms with Crippen molar-refractivity contribution < 1.29 is 17.7 Å². The first-order valence-electron chi connectivity index (χ1n) is 36.7. The Morgan fingerprint density at radius 1 is 0.243 bits per heavy atom. The van der Waals surface area contributed by atoms with Crippen LogP contribution in [-0.2, 0) is 0 Å². The number of furan rings is 4. The summed E-state index contributed by atoms with van der Waals surface area (Å²) < 4.78 is 27.8. The van der Waals surface area contributed by atoms with Gasteiger partial charge in [0.25, 0.3) is 0 Å². The van der Waals surface area contributed by atoms with Crippen LogP contribution >= 0.6 is 11.6 Å². The lowest BCUT2D eigenvalue weighted by Gasteiger charge is -2.13. The monoisotopic (exact) mass is 1440 g/mol. The van der Waals surface area contributed by atoms with Crippen molar-refractivity contribution in [3.05, 3.63) is 345 Å². The second-order valence-corrected chi connectivity index (χ2v) is 28.1. The number of benzene rings is 16. The first kappa shape index (κ1) is 63.4. The number of halogens is 1. The fraction of sp³-hybridized carbons (Fsp3) is 0. The van der Waals surface area contributed by atoms with Gasteiger partial charge < -0.3 is 27.2 Å². The molecule has 0 atom stereocenters. The molecule has 8 aromatic heterocycles. The van der Waals surface area contributed by atoms with Crippen LogP contribution in [0.15, 0.2) is 357 Å². The molecule has 24 rings (SSSR count). The van der Waals surface area contributed by atoms with E-state index >= 15 is 0 Å². The molecule has 111 heavy (non-hydrogen) atoms. The van der Waals surface area contributed by atoms with Gasteiger partial charge in [-0.1, -0.05) is 254 Å². The van der Waals surface area contributed by atoms with Gasteiger partial charge in [0.1, 0.15) is 33.5 Å². The molecule has 1 N–H and O–H groups in total. The number of rotatable bonds is 7. The number of nitrogens with one attached hydrogen (secondary N) is 1. The van der Waals surface area contributed by atoms with Gasteiger partial charge in [-0.15, -0.1) is 0 Å². The molecule has 0 bridgehead atoms. The zero-order valence-electron chi connectivity index (χ0n) is 59.0. The second-order valence-electron chi connectivity index (χ2n) is 27.7. The molecular formula is C98H57ClN8O4. The molecule has 0 saturated carbocycles. The zero-order chi connectivity index (χ0) is 73.2. The Bertz CT molecular complexity index is 7880. The number of hydrogen-bond donors (Lipinski definition) is 1. The molecule has 0 aliphatic heterocycles. The fourth-order valence-corrected chi connectivity index (χ4v) is 16.4. The van der Waals surface area contributed by atoms with Gasteiger partial charge in [0.15, 0.2) is 46.1 Å². The Kier molecular flexibility index (Phi) is 14.7. The van der Waals surface area contributed by atoms with Crippen molar-refractivity contribution in [3.8, 4) is 74.0 Å². The molecular weight excluding hydrogens is 1390 g/mol. The highest BCUT2D eigenvalue weighted by atomic mass is 35.5. The van der Waals surface area contributed by atoms with Crippen molar-refractivity contribution in [1.29, 1.82) is 0 Å². The maximum atomic E-state index is 6.88. The quantitative estimate of drug-likeness (QED) is 0.163. The molecule has 0 aliphatic carbocycles. The maximum absolute atomic E-state index is 6.88. The second kappa shape index (κ2) is 25.7. The Labute approximate surface area is 636 Å². The van der Waals surface area contributed by atoms with Crippen LogP contribution in [0.4, 0.5) is 0 Å². The maximum Gasteiger partial charge on any atom is 0.164 e. The lowest BCUT2D eigenvalue weighted by molar-refractivity contribution is 0.666. The van der Waals surface area contributed by atoms with Crippen LogP contribution in [0.25, 0.3) is 227 Å². The normalized spacial score (nSPS) is 11.8. The summed E-state index contributed by atoms with van der Waals surface area (Å²) in [4.78, 5) is 34.1. The predicted octanol–water partition coefficient (Wildman–Crippen LogP) is 26.7. The number of aromatic nitrogens is 8. The molecule has 24 aromatic rings. The van der Waals surface area contributed by atoms with E-state index in [1.54, 1.807) is 0 Å². The van der Waals surface area contributed by atoms with E-state index < -0.39 is 0 Å². The summed E-state index contributed by atoms with van der Waals surface area (Å²) in [5, 5.41) is 18.2. The van der Waals surface area contributed by atoms with Crippen molar-refractivity contribution in [1.82, 2.24) is 39.5 Å². The highest BCUT2D eigenvalue weighted by molar-refractivity contribution is 6.36. The lowest BCUT2D eigenvalue weighted by Crippen LogP contribution is -2.01. The van der Waals surface area contributed by atoms with Crippen molar-refractivity contribution in [2.45, 2.75) is 0 Å². The van der Waals surface area contributed by atoms with Gasteiger partial charge in [-0.05, 0) is 119 Å². The van der Waals surface area contributed by atoms with Crippen LogP contribution in [0.3, 0.4) is 0 Å². The first-order valence-corrected chi connectivity index (χ1v) is 37.1. The Morgan fingerprint density at radius 3 is 1.18 bits per heavy atom. The molecule has 520 valence electrons. The summed E-state index contributed by atoms with van der Waals surface area (Å²) in [5.41, 5.74) is 17.0. The van der Waals surface area contributed by atoms with Crippen LogP contribution in [0.2, 0.25) is 5.02 Å². The van der Waals surface area contributed by atoms with Crippen LogP contribution in [0.1, 0.15) is 0 Å². The zero-order valence-corrected chi connectivity index (χ0v) is 59.7. The van der Waals surface area contributed by atoms with E-state index in [0.717, 1.165) is 132 Å². The third kappa shape index (κ3) is 10.6. The van der Waals surface area contributed by atoms with Gasteiger partial charge in [0, 0.05) is 109 Å². The van der Waals surface area contributed by atoms with E-state index in [4.69, 9.17) is 59.2 Å². The highest BCUT2D eigenvalue weighted by Gasteiger charge is 2.26. The number of nitrogens with zero attached hydrogens (tertiary/aromatic N) is 7. The van der Waals surface area contributed by atoms with Gasteiger partial charge in [0.05, 0.1) is 21.7 Å². The van der Waals surface area contributed by atoms with Crippen molar-refractivity contribution in [2.24, 2.45) is 0 Å². The van der Waals surface area contributed by atoms with E-state index in [0.29, 0.717) is 45.6 Å². The predicted molar refractivity (Wildman–Crippen MR) is 452 cm³/mol. The number of fused-ring (bicyclic) bond motifs is 20. The minimum Gasteiger partial charge on any atom is -0.456 e. The Morgan fingerprint density at radius 2 is 0.631 bits per heavy atom. The lowest BCUT2D eigenvalue weighted by atomic mass is 10.0. The molecule has 13 heteroatoms. The van der Waals surface area contributed by atoms with Crippen LogP contribution < -0.4 is 0 Å². The minimum atomic E-state index is 0.539. The Balaban J connectivity index is 0.000000117. The highest BCUT2D eigenvalue weighted by Crippen LogP contribution is 2.46. The molecule has 0 saturated heterocycles. The van der Waals surface area contributed by atoms with E-state index in [-0.39, 0.29) is 0 Å². The van der Waals surface area contributed by atoms with Crippen molar-refractivity contribution in [2.75, 3.05) is 0 Å². The topological polar surface area (TPSA) is 151 Å². The van der Waals surface area contributed by atoms with Crippen LogP contribution in [0.5, 0.6) is 0 Å². The average molecular weight is 1450 g/mol.